The van der Waals surface area contributed by atoms with Gasteiger partial charge in [0.2, 0.25) is 0 Å². The maximum Gasteiger partial charge on any atom is 0.328 e. The van der Waals surface area contributed by atoms with E-state index < -0.39 is 23.9 Å². The van der Waals surface area contributed by atoms with Gasteiger partial charge in [0.25, 0.3) is 0 Å². The number of methoxy groups -OCH3 is 1. The molecular formula is C28H30Cl2FN5O6. The number of rotatable bonds is 8. The number of hydrogen-bond donors (Lipinski definition) is 4. The number of piperazine rings is 1. The molecule has 5 N–H and O–H groups in total. The number of nitrogens with one attached hydrogen (secondary N) is 1. The quantitative estimate of drug-likeness (QED) is 0.201. The fraction of sp³-hybridized carbons (Fsp3) is 0.286. The lowest BCUT2D eigenvalue weighted by Crippen LogP contribution is -2.50. The van der Waals surface area contributed by atoms with Crippen LogP contribution in [0.5, 0.6) is 11.5 Å². The van der Waals surface area contributed by atoms with Crippen LogP contribution in [-0.2, 0) is 9.59 Å². The molecule has 0 bridgehead atoms. The molecule has 0 aliphatic carbocycles. The van der Waals surface area contributed by atoms with Crippen molar-refractivity contribution in [1.29, 1.82) is 0 Å². The number of carboxylic acid groups (broad SMARTS) is 2. The van der Waals surface area contributed by atoms with Crippen molar-refractivity contribution in [2.75, 3.05) is 37.4 Å². The van der Waals surface area contributed by atoms with E-state index in [1.807, 2.05) is 6.07 Å². The molecule has 1 aromatic carbocycles. The number of ether oxygens (including phenoxy) is 2. The lowest BCUT2D eigenvalue weighted by Gasteiger charge is -2.35. The van der Waals surface area contributed by atoms with Crippen LogP contribution in [0.4, 0.5) is 16.0 Å². The number of halogens is 3. The second kappa shape index (κ2) is 14.7. The molecule has 1 aliphatic rings. The standard InChI is InChI=1S/C24H26Cl2FN5O2.C4H4O4/c1-13-10-29-6-7-32(13)21-9-19(33-3)16(12-30-21)15-8-20(24(28)31-11-15)34-14(2)22-17(25)4-5-18(27)23(22)26;5-3(6)1-2-4(7)8/h4-5,8-9,11-14,29H,6-7,10H2,1-3H3,(H2,28,31);1-2H,(H,5,6)(H,7,8)/b;2-1+/t13-,14+;/m0./s1. The Labute approximate surface area is 251 Å². The van der Waals surface area contributed by atoms with Gasteiger partial charge in [0.05, 0.1) is 12.1 Å². The number of carbonyl (C=O) groups is 2. The van der Waals surface area contributed by atoms with Gasteiger partial charge < -0.3 is 35.6 Å². The zero-order valence-electron chi connectivity index (χ0n) is 23.0. The minimum atomic E-state index is -1.26. The first-order valence-electron chi connectivity index (χ1n) is 12.6. The third-order valence-corrected chi connectivity index (χ3v) is 6.93. The Bertz CT molecular complexity index is 1460. The van der Waals surface area contributed by atoms with Crippen molar-refractivity contribution in [2.45, 2.75) is 26.0 Å². The third-order valence-electron chi connectivity index (χ3n) is 6.22. The number of aromatic nitrogens is 2. The summed E-state index contributed by atoms with van der Waals surface area (Å²) in [4.78, 5) is 30.3. The SMILES string of the molecule is COc1cc(N2CCNC[C@@H]2C)ncc1-c1cnc(N)c(O[C@H](C)c2c(Cl)ccc(F)c2Cl)c1.O=C(O)/C=C/C(=O)O. The molecule has 1 aliphatic heterocycles. The number of nitrogens with two attached hydrogens (primary N) is 1. The van der Waals surface area contributed by atoms with Crippen LogP contribution < -0.4 is 25.4 Å². The predicted octanol–water partition coefficient (Wildman–Crippen LogP) is 4.83. The Morgan fingerprint density at radius 2 is 1.86 bits per heavy atom. The average molecular weight is 622 g/mol. The Morgan fingerprint density at radius 1 is 1.17 bits per heavy atom. The van der Waals surface area contributed by atoms with E-state index in [0.717, 1.165) is 31.0 Å². The second-order valence-corrected chi connectivity index (χ2v) is 9.91. The van der Waals surface area contributed by atoms with E-state index in [1.165, 1.54) is 12.1 Å². The summed E-state index contributed by atoms with van der Waals surface area (Å²) in [5.41, 5.74) is 7.85. The van der Waals surface area contributed by atoms with Crippen LogP contribution in [-0.4, -0.2) is 64.9 Å². The molecule has 42 heavy (non-hydrogen) atoms. The van der Waals surface area contributed by atoms with Crippen LogP contribution in [0.25, 0.3) is 11.1 Å². The second-order valence-electron chi connectivity index (χ2n) is 9.12. The van der Waals surface area contributed by atoms with Gasteiger partial charge in [0.1, 0.15) is 23.5 Å². The van der Waals surface area contributed by atoms with E-state index in [4.69, 9.17) is 48.6 Å². The van der Waals surface area contributed by atoms with Gasteiger partial charge >= 0.3 is 11.9 Å². The van der Waals surface area contributed by atoms with Gasteiger partial charge in [0, 0.05) is 78.0 Å². The molecule has 1 fully saturated rings. The highest BCUT2D eigenvalue weighted by Crippen LogP contribution is 2.39. The third kappa shape index (κ3) is 8.21. The summed E-state index contributed by atoms with van der Waals surface area (Å²) in [5, 5.41) is 19.2. The van der Waals surface area contributed by atoms with Crippen LogP contribution in [0, 0.1) is 5.82 Å². The van der Waals surface area contributed by atoms with Crippen LogP contribution >= 0.6 is 23.2 Å². The molecule has 2 aromatic heterocycles. The number of benzene rings is 1. The molecule has 0 saturated carbocycles. The minimum absolute atomic E-state index is 0.0914. The van der Waals surface area contributed by atoms with Gasteiger partial charge in [-0.2, -0.15) is 0 Å². The highest BCUT2D eigenvalue weighted by molar-refractivity contribution is 6.36. The first kappa shape index (κ1) is 32.4. The Kier molecular flexibility index (Phi) is 11.3. The first-order chi connectivity index (χ1) is 19.9. The number of hydrogen-bond acceptors (Lipinski definition) is 9. The molecule has 0 unspecified atom stereocenters. The molecule has 0 radical (unpaired) electrons. The van der Waals surface area contributed by atoms with E-state index in [1.54, 1.807) is 32.5 Å². The van der Waals surface area contributed by atoms with Crippen molar-refractivity contribution in [3.05, 3.63) is 70.2 Å². The zero-order chi connectivity index (χ0) is 31.0. The summed E-state index contributed by atoms with van der Waals surface area (Å²) in [7, 11) is 1.61. The van der Waals surface area contributed by atoms with Gasteiger partial charge in [0.15, 0.2) is 11.6 Å². The van der Waals surface area contributed by atoms with Crippen LogP contribution in [0.2, 0.25) is 10.0 Å². The van der Waals surface area contributed by atoms with Gasteiger partial charge in [-0.15, -0.1) is 0 Å². The Hall–Kier alpha value is -4.13. The van der Waals surface area contributed by atoms with Crippen molar-refractivity contribution in [3.8, 4) is 22.6 Å². The van der Waals surface area contributed by atoms with Crippen LogP contribution in [0.3, 0.4) is 0 Å². The van der Waals surface area contributed by atoms with Crippen molar-refractivity contribution >= 4 is 46.8 Å². The fourth-order valence-electron chi connectivity index (χ4n) is 4.15. The van der Waals surface area contributed by atoms with Crippen LogP contribution in [0.1, 0.15) is 25.5 Å². The topological polar surface area (TPSA) is 160 Å². The largest absolute Gasteiger partial charge is 0.496 e. The first-order valence-corrected chi connectivity index (χ1v) is 13.4. The van der Waals surface area contributed by atoms with E-state index in [2.05, 4.69) is 27.1 Å². The fourth-order valence-corrected chi connectivity index (χ4v) is 4.83. The predicted molar refractivity (Wildman–Crippen MR) is 158 cm³/mol. The molecule has 1 saturated heterocycles. The van der Waals surface area contributed by atoms with Gasteiger partial charge in [-0.25, -0.2) is 23.9 Å². The normalized spacial score (nSPS) is 15.5. The minimum Gasteiger partial charge on any atom is -0.496 e. The molecule has 0 spiro atoms. The lowest BCUT2D eigenvalue weighted by molar-refractivity contribution is -0.134. The van der Waals surface area contributed by atoms with Gasteiger partial charge in [-0.05, 0) is 32.0 Å². The van der Waals surface area contributed by atoms with Crippen molar-refractivity contribution in [1.82, 2.24) is 15.3 Å². The van der Waals surface area contributed by atoms with E-state index in [0.29, 0.717) is 45.8 Å². The molecule has 2 atom stereocenters. The molecule has 0 amide bonds. The smallest absolute Gasteiger partial charge is 0.328 e. The summed E-state index contributed by atoms with van der Waals surface area (Å²) in [6, 6.07) is 6.63. The van der Waals surface area contributed by atoms with E-state index >= 15 is 0 Å². The van der Waals surface area contributed by atoms with Crippen molar-refractivity contribution < 1.29 is 33.7 Å². The number of aliphatic carboxylic acids is 2. The summed E-state index contributed by atoms with van der Waals surface area (Å²) in [5.74, 6) is -1.11. The molecule has 3 heterocycles. The molecule has 224 valence electrons. The highest BCUT2D eigenvalue weighted by atomic mass is 35.5. The molecule has 3 aromatic rings. The molecule has 14 heteroatoms. The number of pyridine rings is 2. The summed E-state index contributed by atoms with van der Waals surface area (Å²) >= 11 is 12.4. The lowest BCUT2D eigenvalue weighted by atomic mass is 10.1. The Morgan fingerprint density at radius 3 is 2.48 bits per heavy atom. The molecular weight excluding hydrogens is 592 g/mol. The van der Waals surface area contributed by atoms with Gasteiger partial charge in [-0.3, -0.25) is 0 Å². The van der Waals surface area contributed by atoms with Gasteiger partial charge in [-0.1, -0.05) is 23.2 Å². The number of nitrogen functional groups attached to an aromatic ring is 1. The van der Waals surface area contributed by atoms with E-state index in [-0.39, 0.29) is 10.8 Å². The van der Waals surface area contributed by atoms with E-state index in [9.17, 15) is 14.0 Å². The molecule has 11 nitrogen and oxygen atoms in total. The monoisotopic (exact) mass is 621 g/mol. The number of anilines is 2. The van der Waals surface area contributed by atoms with Crippen molar-refractivity contribution in [2.24, 2.45) is 0 Å². The number of nitrogens with zero attached hydrogens (tertiary/aromatic N) is 3. The van der Waals surface area contributed by atoms with Crippen LogP contribution in [0.15, 0.2) is 48.8 Å². The maximum absolute atomic E-state index is 14.0. The van der Waals surface area contributed by atoms with Crippen molar-refractivity contribution in [3.63, 3.8) is 0 Å². The average Bonchev–Trinajstić information content (AvgIpc) is 2.95. The highest BCUT2D eigenvalue weighted by Gasteiger charge is 2.23. The zero-order valence-corrected chi connectivity index (χ0v) is 24.5. The maximum atomic E-state index is 14.0. The Balaban J connectivity index is 0.000000531. The number of carboxylic acids is 2. The summed E-state index contributed by atoms with van der Waals surface area (Å²) in [6.07, 6.45) is 3.82. The molecule has 4 rings (SSSR count). The summed E-state index contributed by atoms with van der Waals surface area (Å²) in [6.45, 7) is 6.52. The summed E-state index contributed by atoms with van der Waals surface area (Å²) < 4.78 is 25.7.